The van der Waals surface area contributed by atoms with Gasteiger partial charge in [0.15, 0.2) is 0 Å². The molecule has 2 aliphatic rings. The SMILES string of the molecule is CNC(=O)c1ccc(N2CCC(N3CCC(c4ccc(CCF)c(=O)[nH]4)C3)CC2)cn1. The second kappa shape index (κ2) is 9.60. The molecule has 8 heteroatoms. The number of likely N-dealkylation sites (tertiary alicyclic amines) is 1. The topological polar surface area (TPSA) is 81.3 Å². The van der Waals surface area contributed by atoms with Crippen LogP contribution in [0.2, 0.25) is 0 Å². The number of aryl methyl sites for hydroxylation is 1. The Morgan fingerprint density at radius 3 is 2.65 bits per heavy atom. The van der Waals surface area contributed by atoms with Gasteiger partial charge in [-0.3, -0.25) is 18.9 Å². The largest absolute Gasteiger partial charge is 0.370 e. The van der Waals surface area contributed by atoms with Crippen molar-refractivity contribution in [1.29, 1.82) is 0 Å². The van der Waals surface area contributed by atoms with Crippen molar-refractivity contribution >= 4 is 11.6 Å². The molecule has 2 N–H and O–H groups in total. The molecule has 0 bridgehead atoms. The molecule has 0 spiro atoms. The Bertz CT molecular complexity index is 953. The van der Waals surface area contributed by atoms with E-state index in [4.69, 9.17) is 0 Å². The van der Waals surface area contributed by atoms with Crippen LogP contribution in [-0.4, -0.2) is 66.7 Å². The number of aromatic amines is 1. The molecule has 31 heavy (non-hydrogen) atoms. The first kappa shape index (κ1) is 21.5. The van der Waals surface area contributed by atoms with Crippen LogP contribution in [0.5, 0.6) is 0 Å². The first-order valence-electron chi connectivity index (χ1n) is 11.0. The Labute approximate surface area is 181 Å². The van der Waals surface area contributed by atoms with Crippen molar-refractivity contribution < 1.29 is 9.18 Å². The highest BCUT2D eigenvalue weighted by molar-refractivity contribution is 5.92. The van der Waals surface area contributed by atoms with Crippen molar-refractivity contribution in [2.75, 3.05) is 44.8 Å². The predicted octanol–water partition coefficient (Wildman–Crippen LogP) is 2.10. The van der Waals surface area contributed by atoms with Gasteiger partial charge in [0.05, 0.1) is 18.6 Å². The molecule has 2 aromatic heterocycles. The molecule has 0 saturated carbocycles. The molecule has 2 saturated heterocycles. The van der Waals surface area contributed by atoms with E-state index in [1.54, 1.807) is 25.4 Å². The van der Waals surface area contributed by atoms with Gasteiger partial charge in [-0.2, -0.15) is 0 Å². The lowest BCUT2D eigenvalue weighted by Crippen LogP contribution is -2.44. The van der Waals surface area contributed by atoms with Gasteiger partial charge >= 0.3 is 0 Å². The van der Waals surface area contributed by atoms with E-state index in [2.05, 4.69) is 25.1 Å². The highest BCUT2D eigenvalue weighted by atomic mass is 19.1. The van der Waals surface area contributed by atoms with Gasteiger partial charge in [0.2, 0.25) is 0 Å². The molecular formula is C23H30FN5O2. The molecule has 4 rings (SSSR count). The number of hydrogen-bond donors (Lipinski definition) is 2. The Hall–Kier alpha value is -2.74. The Balaban J connectivity index is 1.31. The summed E-state index contributed by atoms with van der Waals surface area (Å²) in [6, 6.07) is 8.01. The maximum atomic E-state index is 12.5. The zero-order valence-electron chi connectivity index (χ0n) is 17.9. The Morgan fingerprint density at radius 2 is 2.00 bits per heavy atom. The number of pyridine rings is 2. The number of nitrogens with zero attached hydrogens (tertiary/aromatic N) is 3. The standard InChI is InChI=1S/C23H30FN5O2/c1-25-23(31)21-5-3-19(14-26-21)28-12-8-18(9-13-28)29-11-7-17(15-29)20-4-2-16(6-10-24)22(30)27-20/h2-5,14,17-18H,6-13,15H2,1H3,(H,25,31)(H,27,30). The first-order chi connectivity index (χ1) is 15.1. The normalized spacial score (nSPS) is 20.2. The number of hydrogen-bond acceptors (Lipinski definition) is 5. The smallest absolute Gasteiger partial charge is 0.269 e. The summed E-state index contributed by atoms with van der Waals surface area (Å²) in [7, 11) is 1.60. The van der Waals surface area contributed by atoms with Crippen molar-refractivity contribution in [2.24, 2.45) is 0 Å². The van der Waals surface area contributed by atoms with Crippen molar-refractivity contribution in [1.82, 2.24) is 20.2 Å². The fourth-order valence-corrected chi connectivity index (χ4v) is 4.75. The van der Waals surface area contributed by atoms with Crippen molar-refractivity contribution in [3.8, 4) is 0 Å². The van der Waals surface area contributed by atoms with Gasteiger partial charge in [0.1, 0.15) is 5.69 Å². The van der Waals surface area contributed by atoms with Crippen molar-refractivity contribution in [3.63, 3.8) is 0 Å². The number of alkyl halides is 1. The maximum absolute atomic E-state index is 12.5. The summed E-state index contributed by atoms with van der Waals surface area (Å²) in [6.45, 7) is 3.40. The van der Waals surface area contributed by atoms with Crippen LogP contribution in [0.4, 0.5) is 10.1 Å². The van der Waals surface area contributed by atoms with E-state index in [1.165, 1.54) is 0 Å². The molecule has 2 aromatic rings. The van der Waals surface area contributed by atoms with Crippen LogP contribution in [0.25, 0.3) is 0 Å². The van der Waals surface area contributed by atoms with Crippen molar-refractivity contribution in [2.45, 2.75) is 37.6 Å². The average molecular weight is 428 g/mol. The number of rotatable bonds is 6. The molecule has 2 aliphatic heterocycles. The molecule has 0 aliphatic carbocycles. The lowest BCUT2D eigenvalue weighted by molar-refractivity contribution is 0.0958. The third-order valence-corrected chi connectivity index (χ3v) is 6.59. The van der Waals surface area contributed by atoms with Gasteiger partial charge < -0.3 is 15.2 Å². The molecule has 2 fully saturated rings. The monoisotopic (exact) mass is 427 g/mol. The fourth-order valence-electron chi connectivity index (χ4n) is 4.75. The number of anilines is 1. The van der Waals surface area contributed by atoms with Crippen LogP contribution in [-0.2, 0) is 6.42 Å². The molecule has 0 radical (unpaired) electrons. The number of carbonyl (C=O) groups excluding carboxylic acids is 1. The minimum Gasteiger partial charge on any atom is -0.370 e. The number of carbonyl (C=O) groups is 1. The summed E-state index contributed by atoms with van der Waals surface area (Å²) in [4.78, 5) is 35.9. The van der Waals surface area contributed by atoms with Gasteiger partial charge in [-0.05, 0) is 44.0 Å². The number of amides is 1. The van der Waals surface area contributed by atoms with Crippen LogP contribution < -0.4 is 15.8 Å². The van der Waals surface area contributed by atoms with Crippen molar-refractivity contribution in [3.05, 3.63) is 57.8 Å². The lowest BCUT2D eigenvalue weighted by Gasteiger charge is -2.37. The van der Waals surface area contributed by atoms with Gasteiger partial charge in [0, 0.05) is 56.3 Å². The van der Waals surface area contributed by atoms with E-state index in [0.717, 1.165) is 56.8 Å². The molecule has 166 valence electrons. The minimum atomic E-state index is -0.507. The van der Waals surface area contributed by atoms with E-state index in [0.29, 0.717) is 23.2 Å². The van der Waals surface area contributed by atoms with E-state index in [-0.39, 0.29) is 17.9 Å². The van der Waals surface area contributed by atoms with E-state index >= 15 is 0 Å². The number of aromatic nitrogens is 2. The number of halogens is 1. The number of nitrogens with one attached hydrogen (secondary N) is 2. The number of piperidine rings is 1. The minimum absolute atomic E-state index is 0.155. The van der Waals surface area contributed by atoms with E-state index in [9.17, 15) is 14.0 Å². The molecule has 7 nitrogen and oxygen atoms in total. The first-order valence-corrected chi connectivity index (χ1v) is 11.0. The zero-order chi connectivity index (χ0) is 21.8. The predicted molar refractivity (Wildman–Crippen MR) is 119 cm³/mol. The summed E-state index contributed by atoms with van der Waals surface area (Å²) in [5, 5.41) is 2.59. The van der Waals surface area contributed by atoms with Gasteiger partial charge in [-0.25, -0.2) is 4.98 Å². The van der Waals surface area contributed by atoms with Crippen LogP contribution in [0.1, 0.15) is 46.9 Å². The maximum Gasteiger partial charge on any atom is 0.269 e. The second-order valence-corrected chi connectivity index (χ2v) is 8.39. The Kier molecular flexibility index (Phi) is 6.65. The van der Waals surface area contributed by atoms with E-state index < -0.39 is 6.67 Å². The summed E-state index contributed by atoms with van der Waals surface area (Å²) in [6.07, 6.45) is 5.14. The van der Waals surface area contributed by atoms with Gasteiger partial charge in [-0.1, -0.05) is 6.07 Å². The van der Waals surface area contributed by atoms with E-state index in [1.807, 2.05) is 12.1 Å². The van der Waals surface area contributed by atoms with Crippen LogP contribution >= 0.6 is 0 Å². The summed E-state index contributed by atoms with van der Waals surface area (Å²) in [5.41, 5.74) is 2.82. The third kappa shape index (κ3) is 4.79. The molecule has 0 aromatic carbocycles. The lowest BCUT2D eigenvalue weighted by atomic mass is 10.0. The molecule has 1 unspecified atom stereocenters. The van der Waals surface area contributed by atoms with Gasteiger partial charge in [-0.15, -0.1) is 0 Å². The molecule has 4 heterocycles. The summed E-state index contributed by atoms with van der Waals surface area (Å²) < 4.78 is 12.5. The molecule has 1 atom stereocenters. The summed E-state index contributed by atoms with van der Waals surface area (Å²) in [5.74, 6) is 0.152. The van der Waals surface area contributed by atoms with Crippen LogP contribution in [0.15, 0.2) is 35.3 Å². The highest BCUT2D eigenvalue weighted by Gasteiger charge is 2.32. The van der Waals surface area contributed by atoms with Gasteiger partial charge in [0.25, 0.3) is 11.5 Å². The molecular weight excluding hydrogens is 397 g/mol. The fraction of sp³-hybridized carbons (Fsp3) is 0.522. The highest BCUT2D eigenvalue weighted by Crippen LogP contribution is 2.30. The van der Waals surface area contributed by atoms with Crippen LogP contribution in [0, 0.1) is 0 Å². The molecule has 1 amide bonds. The zero-order valence-corrected chi connectivity index (χ0v) is 17.9. The number of H-pyrrole nitrogens is 1. The average Bonchev–Trinajstić information content (AvgIpc) is 3.30. The van der Waals surface area contributed by atoms with Crippen LogP contribution in [0.3, 0.4) is 0 Å². The Morgan fingerprint density at radius 1 is 1.19 bits per heavy atom. The second-order valence-electron chi connectivity index (χ2n) is 8.39. The quantitative estimate of drug-likeness (QED) is 0.738. The summed E-state index contributed by atoms with van der Waals surface area (Å²) >= 11 is 0. The third-order valence-electron chi connectivity index (χ3n) is 6.59.